The number of morpholine rings is 1. The van der Waals surface area contributed by atoms with Gasteiger partial charge in [-0.1, -0.05) is 44.9 Å². The van der Waals surface area contributed by atoms with Gasteiger partial charge in [0.05, 0.1) is 31.2 Å². The Morgan fingerprint density at radius 1 is 1.12 bits per heavy atom. The highest BCUT2D eigenvalue weighted by molar-refractivity contribution is 7.98. The summed E-state index contributed by atoms with van der Waals surface area (Å²) in [5.74, 6) is -1.17. The first-order chi connectivity index (χ1) is 19.8. The van der Waals surface area contributed by atoms with Crippen molar-refractivity contribution in [3.05, 3.63) is 36.4 Å². The Kier molecular flexibility index (Phi) is 8.19. The summed E-state index contributed by atoms with van der Waals surface area (Å²) in [6.07, 6.45) is 8.39. The molecule has 0 radical (unpaired) electrons. The third-order valence-corrected chi connectivity index (χ3v) is 10.8. The van der Waals surface area contributed by atoms with E-state index < -0.39 is 29.6 Å². The summed E-state index contributed by atoms with van der Waals surface area (Å²) in [6, 6.07) is 6.92. The van der Waals surface area contributed by atoms with Crippen molar-refractivity contribution < 1.29 is 23.9 Å². The third-order valence-electron chi connectivity index (χ3n) is 10.1. The molecule has 222 valence electrons. The molecule has 1 saturated carbocycles. The topological polar surface area (TPSA) is 100 Å². The minimum Gasteiger partial charge on any atom is -0.379 e. The number of carbonyl (C=O) groups is 3. The fourth-order valence-corrected chi connectivity index (χ4v) is 8.02. The van der Waals surface area contributed by atoms with Gasteiger partial charge in [-0.05, 0) is 42.7 Å². The maximum absolute atomic E-state index is 14.2. The van der Waals surface area contributed by atoms with Crippen LogP contribution in [0.4, 0.5) is 5.69 Å². The lowest BCUT2D eigenvalue weighted by Crippen LogP contribution is -2.58. The highest BCUT2D eigenvalue weighted by atomic mass is 32.2. The van der Waals surface area contributed by atoms with E-state index in [1.807, 2.05) is 42.7 Å². The Labute approximate surface area is 246 Å². The Bertz CT molecular complexity index is 1200. The number of hydrogen-bond donors (Lipinski definition) is 2. The van der Waals surface area contributed by atoms with Crippen LogP contribution in [0.2, 0.25) is 0 Å². The predicted octanol–water partition coefficient (Wildman–Crippen LogP) is 2.77. The molecule has 4 fully saturated rings. The molecule has 3 amide bonds. The molecular weight excluding hydrogens is 540 g/mol. The summed E-state index contributed by atoms with van der Waals surface area (Å²) in [5, 5.41) is 6.37. The van der Waals surface area contributed by atoms with Crippen LogP contribution in [0.3, 0.4) is 0 Å². The Balaban J connectivity index is 1.27. The number of anilines is 1. The first-order valence-electron chi connectivity index (χ1n) is 15.1. The van der Waals surface area contributed by atoms with Gasteiger partial charge in [-0.15, -0.1) is 11.8 Å². The molecule has 5 aliphatic rings. The number of benzene rings is 1. The number of amides is 3. The monoisotopic (exact) mass is 582 g/mol. The maximum Gasteiger partial charge on any atom is 0.246 e. The normalized spacial score (nSPS) is 36.4. The minimum atomic E-state index is -1.15. The first kappa shape index (κ1) is 28.7. The van der Waals surface area contributed by atoms with Gasteiger partial charge in [0.15, 0.2) is 0 Å². The zero-order valence-electron chi connectivity index (χ0n) is 24.2. The van der Waals surface area contributed by atoms with E-state index in [1.54, 1.807) is 16.7 Å². The van der Waals surface area contributed by atoms with Gasteiger partial charge in [-0.3, -0.25) is 19.3 Å². The van der Waals surface area contributed by atoms with Crippen LogP contribution in [0.5, 0.6) is 0 Å². The Morgan fingerprint density at radius 2 is 1.93 bits per heavy atom. The molecule has 1 aliphatic carbocycles. The van der Waals surface area contributed by atoms with Crippen molar-refractivity contribution in [2.24, 2.45) is 23.7 Å². The molecule has 2 N–H and O–H groups in total. The minimum absolute atomic E-state index is 0.0586. The predicted molar refractivity (Wildman–Crippen MR) is 157 cm³/mol. The smallest absolute Gasteiger partial charge is 0.246 e. The maximum atomic E-state index is 14.2. The van der Waals surface area contributed by atoms with Gasteiger partial charge in [0.2, 0.25) is 17.7 Å². The van der Waals surface area contributed by atoms with Crippen molar-refractivity contribution >= 4 is 35.2 Å². The zero-order chi connectivity index (χ0) is 28.7. The van der Waals surface area contributed by atoms with Gasteiger partial charge in [-0.25, -0.2) is 0 Å². The molecule has 4 heterocycles. The van der Waals surface area contributed by atoms with Gasteiger partial charge < -0.3 is 25.0 Å². The number of nitrogens with zero attached hydrogens (tertiary/aromatic N) is 2. The van der Waals surface area contributed by atoms with Crippen molar-refractivity contribution in [2.75, 3.05) is 51.0 Å². The van der Waals surface area contributed by atoms with Crippen molar-refractivity contribution in [2.45, 2.75) is 61.8 Å². The van der Waals surface area contributed by atoms with Gasteiger partial charge in [0.1, 0.15) is 11.6 Å². The van der Waals surface area contributed by atoms with E-state index in [-0.39, 0.29) is 23.8 Å². The molecule has 0 aromatic heterocycles. The molecule has 41 heavy (non-hydrogen) atoms. The lowest BCUT2D eigenvalue weighted by molar-refractivity contribution is -0.142. The molecular formula is C31H42N4O5S. The molecule has 9 nitrogen and oxygen atoms in total. The molecule has 8 atom stereocenters. The van der Waals surface area contributed by atoms with Crippen molar-refractivity contribution in [3.8, 4) is 0 Å². The van der Waals surface area contributed by atoms with Gasteiger partial charge in [0.25, 0.3) is 0 Å². The quantitative estimate of drug-likeness (QED) is 0.359. The number of ether oxygens (including phenoxy) is 2. The van der Waals surface area contributed by atoms with E-state index in [0.29, 0.717) is 43.8 Å². The van der Waals surface area contributed by atoms with E-state index in [0.717, 1.165) is 37.2 Å². The van der Waals surface area contributed by atoms with E-state index in [9.17, 15) is 14.4 Å². The standard InChI is InChI=1S/C31H42N4O5S/c1-19-6-4-9-23(20(19)2)33-29(37)27-31-11-10-24(40-31)25(28(36)32-21-7-5-8-22(18-21)41-3)26(31)30(38)35(27)13-12-34-14-16-39-17-15-34/h5,7-8,10-11,18-20,23-27H,4,6,9,12-17H2,1-3H3,(H,32,36)(H,33,37). The van der Waals surface area contributed by atoms with E-state index >= 15 is 0 Å². The molecule has 3 saturated heterocycles. The number of carbonyl (C=O) groups excluding carboxylic acids is 3. The molecule has 6 rings (SSSR count). The fourth-order valence-electron chi connectivity index (χ4n) is 7.56. The van der Waals surface area contributed by atoms with Crippen molar-refractivity contribution in [1.82, 2.24) is 15.1 Å². The number of fused-ring (bicyclic) bond motifs is 1. The van der Waals surface area contributed by atoms with Crippen LogP contribution < -0.4 is 10.6 Å². The molecule has 2 bridgehead atoms. The van der Waals surface area contributed by atoms with Crippen LogP contribution in [-0.4, -0.2) is 97.0 Å². The summed E-state index contributed by atoms with van der Waals surface area (Å²) >= 11 is 1.60. The average Bonchev–Trinajstić information content (AvgIpc) is 3.62. The number of hydrogen-bond acceptors (Lipinski definition) is 7. The lowest BCUT2D eigenvalue weighted by atomic mass is 9.73. The van der Waals surface area contributed by atoms with Crippen LogP contribution in [0.25, 0.3) is 0 Å². The molecule has 1 aromatic rings. The largest absolute Gasteiger partial charge is 0.379 e. The lowest BCUT2D eigenvalue weighted by Gasteiger charge is -2.38. The summed E-state index contributed by atoms with van der Waals surface area (Å²) in [7, 11) is 0. The number of nitrogens with one attached hydrogen (secondary N) is 2. The Morgan fingerprint density at radius 3 is 2.71 bits per heavy atom. The Hall–Kier alpha value is -2.40. The van der Waals surface area contributed by atoms with Crippen LogP contribution in [-0.2, 0) is 23.9 Å². The van der Waals surface area contributed by atoms with Crippen LogP contribution in [0.1, 0.15) is 33.1 Å². The highest BCUT2D eigenvalue weighted by Crippen LogP contribution is 2.55. The SMILES string of the molecule is CSc1cccc(NC(=O)C2C3C=CC4(O3)C2C(=O)N(CCN2CCOCC2)C4C(=O)NC2CCCC(C)C2C)c1. The molecule has 1 spiro atoms. The highest BCUT2D eigenvalue weighted by Gasteiger charge is 2.72. The van der Waals surface area contributed by atoms with E-state index in [4.69, 9.17) is 9.47 Å². The zero-order valence-corrected chi connectivity index (χ0v) is 25.0. The fraction of sp³-hybridized carbons (Fsp3) is 0.645. The summed E-state index contributed by atoms with van der Waals surface area (Å²) in [5.41, 5.74) is -0.462. The van der Waals surface area contributed by atoms with Crippen LogP contribution in [0.15, 0.2) is 41.3 Å². The number of rotatable bonds is 8. The average molecular weight is 583 g/mol. The second-order valence-electron chi connectivity index (χ2n) is 12.3. The van der Waals surface area contributed by atoms with Gasteiger partial charge >= 0.3 is 0 Å². The third kappa shape index (κ3) is 5.21. The summed E-state index contributed by atoms with van der Waals surface area (Å²) in [4.78, 5) is 47.2. The number of likely N-dealkylation sites (tertiary alicyclic amines) is 1. The molecule has 10 heteroatoms. The van der Waals surface area contributed by atoms with E-state index in [1.165, 1.54) is 0 Å². The van der Waals surface area contributed by atoms with Crippen LogP contribution >= 0.6 is 11.8 Å². The van der Waals surface area contributed by atoms with Crippen LogP contribution in [0, 0.1) is 23.7 Å². The summed E-state index contributed by atoms with van der Waals surface area (Å²) < 4.78 is 12.0. The molecule has 4 aliphatic heterocycles. The summed E-state index contributed by atoms with van der Waals surface area (Å²) in [6.45, 7) is 8.41. The molecule has 1 aromatic carbocycles. The second-order valence-corrected chi connectivity index (χ2v) is 13.2. The molecule has 8 unspecified atom stereocenters. The van der Waals surface area contributed by atoms with Crippen molar-refractivity contribution in [3.63, 3.8) is 0 Å². The van der Waals surface area contributed by atoms with Gasteiger partial charge in [-0.2, -0.15) is 0 Å². The van der Waals surface area contributed by atoms with Crippen molar-refractivity contribution in [1.29, 1.82) is 0 Å². The second kappa shape index (κ2) is 11.7. The van der Waals surface area contributed by atoms with Gasteiger partial charge in [0, 0.05) is 42.8 Å². The number of thioether (sulfide) groups is 1. The van der Waals surface area contributed by atoms with E-state index in [2.05, 4.69) is 29.4 Å². The first-order valence-corrected chi connectivity index (χ1v) is 16.3.